The summed E-state index contributed by atoms with van der Waals surface area (Å²) >= 11 is 0. The first-order chi connectivity index (χ1) is 11.7. The zero-order valence-electron chi connectivity index (χ0n) is 15.9. The molecular formula is C19H29N3O3. The van der Waals surface area contributed by atoms with Crippen molar-refractivity contribution in [1.82, 2.24) is 9.88 Å². The molecule has 2 rings (SSSR count). The van der Waals surface area contributed by atoms with Gasteiger partial charge >= 0.3 is 6.09 Å². The average Bonchev–Trinajstić information content (AvgIpc) is 3.01. The summed E-state index contributed by atoms with van der Waals surface area (Å²) in [6.45, 7) is 10.5. The Hall–Kier alpha value is -2.11. The first kappa shape index (κ1) is 19.2. The topological polar surface area (TPSA) is 62.7 Å². The fourth-order valence-corrected chi connectivity index (χ4v) is 3.08. The van der Waals surface area contributed by atoms with Gasteiger partial charge in [-0.3, -0.25) is 9.69 Å². The third-order valence-electron chi connectivity index (χ3n) is 4.15. The molecule has 6 nitrogen and oxygen atoms in total. The maximum absolute atomic E-state index is 12.4. The van der Waals surface area contributed by atoms with Crippen molar-refractivity contribution in [3.05, 3.63) is 23.9 Å². The Morgan fingerprint density at radius 3 is 2.60 bits per heavy atom. The highest BCUT2D eigenvalue weighted by Crippen LogP contribution is 2.32. The fourth-order valence-electron chi connectivity index (χ4n) is 3.08. The van der Waals surface area contributed by atoms with Crippen LogP contribution in [0.4, 0.5) is 10.6 Å². The Labute approximate surface area is 150 Å². The molecule has 1 aromatic heterocycles. The molecule has 0 unspecified atom stereocenters. The molecule has 25 heavy (non-hydrogen) atoms. The van der Waals surface area contributed by atoms with Gasteiger partial charge in [-0.25, -0.2) is 9.78 Å². The molecule has 0 bridgehead atoms. The van der Waals surface area contributed by atoms with E-state index >= 15 is 0 Å². The second kappa shape index (κ2) is 7.85. The highest BCUT2D eigenvalue weighted by atomic mass is 16.6. The van der Waals surface area contributed by atoms with E-state index in [9.17, 15) is 9.59 Å². The second-order valence-corrected chi connectivity index (χ2v) is 7.45. The number of ether oxygens (including phenoxy) is 1. The van der Waals surface area contributed by atoms with E-state index in [1.165, 1.54) is 0 Å². The molecule has 1 atom stereocenters. The normalized spacial score (nSPS) is 17.5. The Morgan fingerprint density at radius 1 is 1.36 bits per heavy atom. The van der Waals surface area contributed by atoms with Crippen LogP contribution in [0.5, 0.6) is 0 Å². The predicted octanol–water partition coefficient (Wildman–Crippen LogP) is 3.92. The summed E-state index contributed by atoms with van der Waals surface area (Å²) in [6.07, 6.45) is 4.15. The molecule has 0 aliphatic carbocycles. The molecule has 0 saturated carbocycles. The number of rotatable bonds is 4. The van der Waals surface area contributed by atoms with Crippen molar-refractivity contribution in [2.75, 3.05) is 18.0 Å². The Bertz CT molecular complexity index is 607. The minimum Gasteiger partial charge on any atom is -0.443 e. The number of hydrogen-bond donors (Lipinski definition) is 0. The standard InChI is InChI=1S/C19H29N3O3/c1-6-11-22(18(24)25-19(3,4)5)17-10-9-15(13-20-17)16-8-7-12-21(16)14(2)23/h9-10,13,16H,6-8,11-12H2,1-5H3/t16-/m1/s1. The number of carbonyl (C=O) groups excluding carboxylic acids is 2. The van der Waals surface area contributed by atoms with Crippen molar-refractivity contribution in [3.8, 4) is 0 Å². The Kier molecular flexibility index (Phi) is 6.03. The predicted molar refractivity (Wildman–Crippen MR) is 97.5 cm³/mol. The van der Waals surface area contributed by atoms with Crippen molar-refractivity contribution < 1.29 is 14.3 Å². The number of likely N-dealkylation sites (tertiary alicyclic amines) is 1. The van der Waals surface area contributed by atoms with E-state index in [-0.39, 0.29) is 18.0 Å². The molecule has 0 N–H and O–H groups in total. The molecule has 6 heteroatoms. The summed E-state index contributed by atoms with van der Waals surface area (Å²) in [5.41, 5.74) is 0.464. The van der Waals surface area contributed by atoms with Crippen LogP contribution in [0, 0.1) is 0 Å². The average molecular weight is 347 g/mol. The van der Waals surface area contributed by atoms with Gasteiger partial charge in [-0.05, 0) is 51.7 Å². The lowest BCUT2D eigenvalue weighted by atomic mass is 10.1. The van der Waals surface area contributed by atoms with Crippen LogP contribution in [0.1, 0.15) is 65.5 Å². The summed E-state index contributed by atoms with van der Waals surface area (Å²) in [5.74, 6) is 0.667. The van der Waals surface area contributed by atoms with E-state index in [0.29, 0.717) is 12.4 Å². The van der Waals surface area contributed by atoms with Gasteiger partial charge in [0.25, 0.3) is 0 Å². The lowest BCUT2D eigenvalue weighted by Crippen LogP contribution is -2.38. The number of nitrogens with zero attached hydrogens (tertiary/aromatic N) is 3. The van der Waals surface area contributed by atoms with E-state index in [0.717, 1.165) is 31.4 Å². The first-order valence-corrected chi connectivity index (χ1v) is 8.96. The molecule has 1 aliphatic heterocycles. The van der Waals surface area contributed by atoms with E-state index in [1.807, 2.05) is 44.7 Å². The van der Waals surface area contributed by atoms with Gasteiger partial charge in [0.2, 0.25) is 5.91 Å². The van der Waals surface area contributed by atoms with E-state index in [2.05, 4.69) is 4.98 Å². The lowest BCUT2D eigenvalue weighted by molar-refractivity contribution is -0.129. The molecule has 1 saturated heterocycles. The SMILES string of the molecule is CCCN(C(=O)OC(C)(C)C)c1ccc([C@H]2CCCN2C(C)=O)cn1. The third kappa shape index (κ3) is 4.94. The molecule has 2 heterocycles. The zero-order chi connectivity index (χ0) is 18.6. The third-order valence-corrected chi connectivity index (χ3v) is 4.15. The monoisotopic (exact) mass is 347 g/mol. The van der Waals surface area contributed by atoms with Gasteiger partial charge in [-0.15, -0.1) is 0 Å². The van der Waals surface area contributed by atoms with Gasteiger partial charge < -0.3 is 9.64 Å². The van der Waals surface area contributed by atoms with E-state index in [4.69, 9.17) is 4.74 Å². The Balaban J connectivity index is 2.18. The lowest BCUT2D eigenvalue weighted by Gasteiger charge is -2.27. The summed E-state index contributed by atoms with van der Waals surface area (Å²) < 4.78 is 5.48. The van der Waals surface area contributed by atoms with Gasteiger partial charge in [0.1, 0.15) is 11.4 Å². The van der Waals surface area contributed by atoms with Crippen LogP contribution in [0.15, 0.2) is 18.3 Å². The number of aromatic nitrogens is 1. The van der Waals surface area contributed by atoms with Crippen LogP contribution < -0.4 is 4.90 Å². The highest BCUT2D eigenvalue weighted by Gasteiger charge is 2.29. The van der Waals surface area contributed by atoms with Crippen LogP contribution in [0.25, 0.3) is 0 Å². The largest absolute Gasteiger partial charge is 0.443 e. The molecule has 138 valence electrons. The minimum absolute atomic E-state index is 0.0835. The summed E-state index contributed by atoms with van der Waals surface area (Å²) in [4.78, 5) is 32.1. The van der Waals surface area contributed by atoms with E-state index < -0.39 is 5.60 Å². The van der Waals surface area contributed by atoms with Crippen LogP contribution in [-0.2, 0) is 9.53 Å². The van der Waals surface area contributed by atoms with Crippen molar-refractivity contribution in [2.45, 2.75) is 65.5 Å². The fraction of sp³-hybridized carbons (Fsp3) is 0.632. The number of carbonyl (C=O) groups is 2. The highest BCUT2D eigenvalue weighted by molar-refractivity contribution is 5.86. The first-order valence-electron chi connectivity index (χ1n) is 8.96. The molecule has 0 spiro atoms. The van der Waals surface area contributed by atoms with Crippen LogP contribution in [0.2, 0.25) is 0 Å². The summed E-state index contributed by atoms with van der Waals surface area (Å²) in [7, 11) is 0. The minimum atomic E-state index is -0.547. The molecule has 0 radical (unpaired) electrons. The molecule has 2 amide bonds. The number of pyridine rings is 1. The van der Waals surface area contributed by atoms with Gasteiger partial charge in [0.15, 0.2) is 0 Å². The molecule has 1 aliphatic rings. The number of anilines is 1. The maximum atomic E-state index is 12.4. The zero-order valence-corrected chi connectivity index (χ0v) is 15.9. The molecular weight excluding hydrogens is 318 g/mol. The molecule has 1 fully saturated rings. The van der Waals surface area contributed by atoms with Gasteiger partial charge in [-0.2, -0.15) is 0 Å². The van der Waals surface area contributed by atoms with Crippen molar-refractivity contribution in [1.29, 1.82) is 0 Å². The second-order valence-electron chi connectivity index (χ2n) is 7.45. The number of hydrogen-bond acceptors (Lipinski definition) is 4. The summed E-state index contributed by atoms with van der Waals surface area (Å²) in [6, 6.07) is 3.88. The van der Waals surface area contributed by atoms with Crippen LogP contribution in [-0.4, -0.2) is 40.6 Å². The Morgan fingerprint density at radius 2 is 2.08 bits per heavy atom. The maximum Gasteiger partial charge on any atom is 0.416 e. The van der Waals surface area contributed by atoms with Crippen LogP contribution >= 0.6 is 0 Å². The smallest absolute Gasteiger partial charge is 0.416 e. The summed E-state index contributed by atoms with van der Waals surface area (Å²) in [5, 5.41) is 0. The van der Waals surface area contributed by atoms with E-state index in [1.54, 1.807) is 18.0 Å². The number of amides is 2. The quantitative estimate of drug-likeness (QED) is 0.828. The van der Waals surface area contributed by atoms with Crippen molar-refractivity contribution in [2.24, 2.45) is 0 Å². The molecule has 1 aromatic rings. The van der Waals surface area contributed by atoms with Crippen molar-refractivity contribution >= 4 is 17.8 Å². The molecule has 0 aromatic carbocycles. The van der Waals surface area contributed by atoms with Crippen LogP contribution in [0.3, 0.4) is 0 Å². The van der Waals surface area contributed by atoms with Gasteiger partial charge in [-0.1, -0.05) is 13.0 Å². The van der Waals surface area contributed by atoms with Gasteiger partial charge in [0.05, 0.1) is 6.04 Å². The van der Waals surface area contributed by atoms with Gasteiger partial charge in [0, 0.05) is 26.2 Å². The van der Waals surface area contributed by atoms with Crippen molar-refractivity contribution in [3.63, 3.8) is 0 Å².